The number of nitrogens with one attached hydrogen (secondary N) is 1. The molecule has 27 heavy (non-hydrogen) atoms. The Morgan fingerprint density at radius 1 is 1.26 bits per heavy atom. The molecule has 1 amide bonds. The van der Waals surface area contributed by atoms with E-state index >= 15 is 0 Å². The zero-order valence-corrected chi connectivity index (χ0v) is 17.2. The van der Waals surface area contributed by atoms with E-state index < -0.39 is 0 Å². The molecular weight excluding hydrogens is 358 g/mol. The molecule has 0 spiro atoms. The molecule has 0 saturated carbocycles. The van der Waals surface area contributed by atoms with Crippen molar-refractivity contribution in [3.63, 3.8) is 0 Å². The van der Waals surface area contributed by atoms with Gasteiger partial charge in [-0.1, -0.05) is 13.0 Å². The van der Waals surface area contributed by atoms with E-state index in [-0.39, 0.29) is 5.91 Å². The molecule has 0 radical (unpaired) electrons. The maximum atomic E-state index is 12.5. The van der Waals surface area contributed by atoms with E-state index in [0.717, 1.165) is 36.7 Å². The Bertz CT molecular complexity index is 901. The lowest BCUT2D eigenvalue weighted by Gasteiger charge is -2.19. The second-order valence-corrected chi connectivity index (χ2v) is 7.91. The number of aryl methyl sites for hydroxylation is 1. The maximum Gasteiger partial charge on any atom is 0.252 e. The van der Waals surface area contributed by atoms with Gasteiger partial charge < -0.3 is 15.1 Å². The Morgan fingerprint density at radius 2 is 2.07 bits per heavy atom. The number of imidazole rings is 1. The van der Waals surface area contributed by atoms with Crippen LogP contribution >= 0.6 is 11.3 Å². The number of rotatable bonds is 8. The first-order chi connectivity index (χ1) is 13.0. The van der Waals surface area contributed by atoms with E-state index in [1.54, 1.807) is 11.3 Å². The summed E-state index contributed by atoms with van der Waals surface area (Å²) in [6, 6.07) is 7.97. The lowest BCUT2D eigenvalue weighted by molar-refractivity contribution is 0.0950. The smallest absolute Gasteiger partial charge is 0.252 e. The fourth-order valence-electron chi connectivity index (χ4n) is 3.06. The van der Waals surface area contributed by atoms with Gasteiger partial charge in [0.25, 0.3) is 5.91 Å². The van der Waals surface area contributed by atoms with Crippen molar-refractivity contribution in [1.29, 1.82) is 0 Å². The van der Waals surface area contributed by atoms with Gasteiger partial charge in [0.15, 0.2) is 0 Å². The molecule has 0 unspecified atom stereocenters. The van der Waals surface area contributed by atoms with Gasteiger partial charge in [-0.05, 0) is 44.1 Å². The van der Waals surface area contributed by atoms with Crippen molar-refractivity contribution in [2.45, 2.75) is 19.9 Å². The molecule has 1 N–H and O–H groups in total. The maximum absolute atomic E-state index is 12.5. The summed E-state index contributed by atoms with van der Waals surface area (Å²) in [5.74, 6) is 0.987. The molecule has 3 rings (SSSR count). The Morgan fingerprint density at radius 3 is 2.74 bits per heavy atom. The van der Waals surface area contributed by atoms with Crippen LogP contribution in [0.25, 0.3) is 5.65 Å². The first kappa shape index (κ1) is 19.4. The van der Waals surface area contributed by atoms with Crippen molar-refractivity contribution >= 4 is 28.7 Å². The summed E-state index contributed by atoms with van der Waals surface area (Å²) in [4.78, 5) is 22.8. The van der Waals surface area contributed by atoms with Crippen molar-refractivity contribution in [3.05, 3.63) is 52.0 Å². The number of amides is 1. The third-order valence-electron chi connectivity index (χ3n) is 4.44. The highest BCUT2D eigenvalue weighted by Gasteiger charge is 2.17. The fraction of sp³-hybridized carbons (Fsp3) is 0.400. The van der Waals surface area contributed by atoms with Crippen LogP contribution < -0.4 is 10.2 Å². The quantitative estimate of drug-likeness (QED) is 0.648. The van der Waals surface area contributed by atoms with E-state index in [9.17, 15) is 4.79 Å². The minimum Gasteiger partial charge on any atom is -0.354 e. The van der Waals surface area contributed by atoms with Crippen LogP contribution in [0.3, 0.4) is 0 Å². The summed E-state index contributed by atoms with van der Waals surface area (Å²) >= 11 is 1.75. The van der Waals surface area contributed by atoms with E-state index in [4.69, 9.17) is 4.98 Å². The predicted molar refractivity (Wildman–Crippen MR) is 112 cm³/mol. The predicted octanol–water partition coefficient (Wildman–Crippen LogP) is 2.89. The van der Waals surface area contributed by atoms with Crippen LogP contribution in [-0.4, -0.2) is 54.4 Å². The van der Waals surface area contributed by atoms with Gasteiger partial charge >= 0.3 is 0 Å². The van der Waals surface area contributed by atoms with Crippen molar-refractivity contribution in [2.75, 3.05) is 39.1 Å². The lowest BCUT2D eigenvalue weighted by Crippen LogP contribution is -2.31. The number of anilines is 1. The molecule has 0 aliphatic carbocycles. The second kappa shape index (κ2) is 8.54. The molecule has 3 aromatic rings. The number of thiophene rings is 1. The highest BCUT2D eigenvalue weighted by atomic mass is 32.1. The Kier molecular flexibility index (Phi) is 6.13. The number of pyridine rings is 1. The zero-order valence-electron chi connectivity index (χ0n) is 16.4. The van der Waals surface area contributed by atoms with E-state index in [1.807, 2.05) is 41.7 Å². The minimum atomic E-state index is -0.0580. The van der Waals surface area contributed by atoms with Gasteiger partial charge in [-0.3, -0.25) is 9.20 Å². The van der Waals surface area contributed by atoms with Crippen LogP contribution in [0.1, 0.15) is 27.9 Å². The van der Waals surface area contributed by atoms with Crippen LogP contribution in [0.4, 0.5) is 5.82 Å². The Hall–Kier alpha value is -2.38. The number of hydrogen-bond donors (Lipinski definition) is 1. The average molecular weight is 386 g/mol. The average Bonchev–Trinajstić information content (AvgIpc) is 3.27. The molecule has 0 aliphatic rings. The molecular formula is C20H27N5OS. The van der Waals surface area contributed by atoms with Gasteiger partial charge in [-0.2, -0.15) is 0 Å². The summed E-state index contributed by atoms with van der Waals surface area (Å²) in [7, 11) is 6.06. The highest BCUT2D eigenvalue weighted by molar-refractivity contribution is 7.09. The number of aromatic nitrogens is 2. The molecule has 0 aliphatic heterocycles. The summed E-state index contributed by atoms with van der Waals surface area (Å²) in [5, 5.41) is 5.07. The van der Waals surface area contributed by atoms with Gasteiger partial charge in [0, 0.05) is 31.2 Å². The molecule has 0 fully saturated rings. The third kappa shape index (κ3) is 4.48. The van der Waals surface area contributed by atoms with Crippen LogP contribution in [0.5, 0.6) is 0 Å². The summed E-state index contributed by atoms with van der Waals surface area (Å²) in [6.07, 6.45) is 2.74. The van der Waals surface area contributed by atoms with Gasteiger partial charge in [0.1, 0.15) is 11.5 Å². The number of carbonyl (C=O) groups excluding carboxylic acids is 1. The molecule has 0 aromatic carbocycles. The van der Waals surface area contributed by atoms with Crippen molar-refractivity contribution in [1.82, 2.24) is 19.6 Å². The second-order valence-electron chi connectivity index (χ2n) is 6.88. The van der Waals surface area contributed by atoms with E-state index in [0.29, 0.717) is 12.1 Å². The third-order valence-corrected chi connectivity index (χ3v) is 5.30. The number of carbonyl (C=O) groups is 1. The van der Waals surface area contributed by atoms with E-state index in [2.05, 4.69) is 41.7 Å². The Labute approximate surface area is 164 Å². The first-order valence-corrected chi connectivity index (χ1v) is 10.0. The number of nitrogens with zero attached hydrogens (tertiary/aromatic N) is 4. The number of hydrogen-bond acceptors (Lipinski definition) is 5. The summed E-state index contributed by atoms with van der Waals surface area (Å²) in [5.41, 5.74) is 2.55. The summed E-state index contributed by atoms with van der Waals surface area (Å²) < 4.78 is 2.04. The van der Waals surface area contributed by atoms with Gasteiger partial charge in [0.2, 0.25) is 0 Å². The monoisotopic (exact) mass is 385 g/mol. The Balaban J connectivity index is 1.88. The number of fused-ring (bicyclic) bond motifs is 1. The minimum absolute atomic E-state index is 0.0580. The van der Waals surface area contributed by atoms with Crippen LogP contribution in [-0.2, 0) is 13.0 Å². The topological polar surface area (TPSA) is 52.9 Å². The molecule has 3 aromatic heterocycles. The zero-order chi connectivity index (χ0) is 19.4. The molecule has 144 valence electrons. The molecule has 0 saturated heterocycles. The normalized spacial score (nSPS) is 11.3. The molecule has 6 nitrogen and oxygen atoms in total. The highest BCUT2D eigenvalue weighted by Crippen LogP contribution is 2.25. The van der Waals surface area contributed by atoms with Crippen molar-refractivity contribution in [3.8, 4) is 0 Å². The van der Waals surface area contributed by atoms with Crippen LogP contribution in [0, 0.1) is 0 Å². The van der Waals surface area contributed by atoms with Crippen LogP contribution in [0.15, 0.2) is 35.8 Å². The number of likely N-dealkylation sites (N-methyl/N-ethyl adjacent to an activating group) is 1. The van der Waals surface area contributed by atoms with Gasteiger partial charge in [-0.25, -0.2) is 4.98 Å². The molecule has 0 atom stereocenters. The fourth-order valence-corrected chi connectivity index (χ4v) is 3.82. The largest absolute Gasteiger partial charge is 0.354 e. The molecule has 7 heteroatoms. The van der Waals surface area contributed by atoms with Gasteiger partial charge in [-0.15, -0.1) is 11.3 Å². The van der Waals surface area contributed by atoms with Crippen LogP contribution in [0.2, 0.25) is 0 Å². The first-order valence-electron chi connectivity index (χ1n) is 9.17. The summed E-state index contributed by atoms with van der Waals surface area (Å²) in [6.45, 7) is 4.36. The SMILES string of the molecule is CCc1nc2ccc(C(=O)NCCN(C)C)cn2c1N(C)Cc1cccs1. The van der Waals surface area contributed by atoms with E-state index in [1.165, 1.54) is 4.88 Å². The van der Waals surface area contributed by atoms with Gasteiger partial charge in [0.05, 0.1) is 17.8 Å². The lowest BCUT2D eigenvalue weighted by atomic mass is 10.2. The van der Waals surface area contributed by atoms with Crippen molar-refractivity contribution < 1.29 is 4.79 Å². The molecule has 0 bridgehead atoms. The molecule has 3 heterocycles. The van der Waals surface area contributed by atoms with Crippen molar-refractivity contribution in [2.24, 2.45) is 0 Å². The standard InChI is InChI=1S/C20H27N5OS/c1-5-17-20(24(4)14-16-7-6-12-27-16)25-13-15(8-9-18(25)22-17)19(26)21-10-11-23(2)3/h6-9,12-13H,5,10-11,14H2,1-4H3,(H,21,26).